The maximum absolute atomic E-state index is 13.7. The summed E-state index contributed by atoms with van der Waals surface area (Å²) in [6, 6.07) is 21.0. The zero-order valence-corrected chi connectivity index (χ0v) is 14.6. The van der Waals surface area contributed by atoms with E-state index in [1.807, 2.05) is 12.1 Å². The molecule has 0 N–H and O–H groups in total. The molecule has 1 aliphatic carbocycles. The monoisotopic (exact) mass is 330 g/mol. The van der Waals surface area contributed by atoms with Crippen LogP contribution in [0.1, 0.15) is 36.8 Å². The predicted octanol–water partition coefficient (Wildman–Crippen LogP) is 4.49. The Morgan fingerprint density at radius 3 is 1.52 bits per heavy atom. The van der Waals surface area contributed by atoms with Crippen molar-refractivity contribution >= 4 is 5.78 Å². The highest BCUT2D eigenvalue weighted by molar-refractivity contribution is 5.98. The number of Topliss-reactive ketones (excluding diaryl/α,β-unsaturated/α-hetero) is 1. The molecule has 4 bridgehead atoms. The number of hydrogen-bond donors (Lipinski definition) is 0. The average Bonchev–Trinajstić information content (AvgIpc) is 3.17. The Balaban J connectivity index is 1.80. The minimum Gasteiger partial charge on any atom is -0.365 e. The molecule has 0 unspecified atom stereocenters. The van der Waals surface area contributed by atoms with E-state index in [1.54, 1.807) is 0 Å². The SMILES string of the molecule is C[C@]12C(=O)[C@](C)([C@H](c3ccccc3)[C@H]1c1ccccc1)[C@H]1C=C[C@@H]2O1. The lowest BCUT2D eigenvalue weighted by Crippen LogP contribution is -2.51. The smallest absolute Gasteiger partial charge is 0.151 e. The molecule has 6 atom stereocenters. The quantitative estimate of drug-likeness (QED) is 0.759. The highest BCUT2D eigenvalue weighted by Gasteiger charge is 2.73. The molecular formula is C23H22O2. The first-order chi connectivity index (χ1) is 12.1. The van der Waals surface area contributed by atoms with E-state index in [1.165, 1.54) is 11.1 Å². The van der Waals surface area contributed by atoms with Crippen LogP contribution in [-0.4, -0.2) is 18.0 Å². The predicted molar refractivity (Wildman–Crippen MR) is 97.4 cm³/mol. The van der Waals surface area contributed by atoms with Crippen molar-refractivity contribution in [2.45, 2.75) is 37.9 Å². The summed E-state index contributed by atoms with van der Waals surface area (Å²) in [6.45, 7) is 4.23. The van der Waals surface area contributed by atoms with Crippen LogP contribution in [0, 0.1) is 10.8 Å². The third kappa shape index (κ3) is 1.71. The van der Waals surface area contributed by atoms with Crippen molar-refractivity contribution in [1.29, 1.82) is 0 Å². The van der Waals surface area contributed by atoms with Crippen LogP contribution in [0.4, 0.5) is 0 Å². The first kappa shape index (κ1) is 15.1. The molecule has 5 rings (SSSR count). The number of carbonyl (C=O) groups excluding carboxylic acids is 1. The van der Waals surface area contributed by atoms with E-state index in [0.29, 0.717) is 5.78 Å². The Labute approximate surface area is 148 Å². The van der Waals surface area contributed by atoms with Crippen LogP contribution in [0.25, 0.3) is 0 Å². The molecular weight excluding hydrogens is 308 g/mol. The number of fused-ring (bicyclic) bond motifs is 6. The van der Waals surface area contributed by atoms with Gasteiger partial charge in [0.1, 0.15) is 0 Å². The molecule has 2 fully saturated rings. The molecule has 0 spiro atoms. The van der Waals surface area contributed by atoms with Gasteiger partial charge in [-0.25, -0.2) is 0 Å². The van der Waals surface area contributed by atoms with E-state index < -0.39 is 10.8 Å². The van der Waals surface area contributed by atoms with Crippen molar-refractivity contribution < 1.29 is 9.53 Å². The highest BCUT2D eigenvalue weighted by Crippen LogP contribution is 2.70. The highest BCUT2D eigenvalue weighted by atomic mass is 16.5. The maximum Gasteiger partial charge on any atom is 0.151 e. The summed E-state index contributed by atoms with van der Waals surface area (Å²) < 4.78 is 6.33. The van der Waals surface area contributed by atoms with Gasteiger partial charge in [0.15, 0.2) is 5.78 Å². The Hall–Kier alpha value is -2.19. The van der Waals surface area contributed by atoms with Gasteiger partial charge in [0.2, 0.25) is 0 Å². The van der Waals surface area contributed by atoms with E-state index in [4.69, 9.17) is 4.74 Å². The van der Waals surface area contributed by atoms with Crippen LogP contribution in [-0.2, 0) is 9.53 Å². The van der Waals surface area contributed by atoms with Gasteiger partial charge < -0.3 is 4.74 Å². The summed E-state index contributed by atoms with van der Waals surface area (Å²) in [5.74, 6) is 0.594. The van der Waals surface area contributed by atoms with Crippen LogP contribution in [0.5, 0.6) is 0 Å². The normalized spacial score (nSPS) is 41.3. The average molecular weight is 330 g/mol. The Morgan fingerprint density at radius 2 is 1.12 bits per heavy atom. The van der Waals surface area contributed by atoms with Crippen molar-refractivity contribution in [3.05, 3.63) is 83.9 Å². The van der Waals surface area contributed by atoms with Crippen LogP contribution < -0.4 is 0 Å². The number of ether oxygens (including phenoxy) is 1. The fourth-order valence-electron chi connectivity index (χ4n) is 5.70. The summed E-state index contributed by atoms with van der Waals surface area (Å²) in [7, 11) is 0. The summed E-state index contributed by atoms with van der Waals surface area (Å²) in [6.07, 6.45) is 3.98. The molecule has 2 aromatic carbocycles. The third-order valence-corrected chi connectivity index (χ3v) is 6.86. The van der Waals surface area contributed by atoms with E-state index in [2.05, 4.69) is 74.5 Å². The molecule has 0 aromatic heterocycles. The second kappa shape index (κ2) is 4.92. The Morgan fingerprint density at radius 1 is 0.720 bits per heavy atom. The van der Waals surface area contributed by atoms with Crippen LogP contribution in [0.2, 0.25) is 0 Å². The lowest BCUT2D eigenvalue weighted by atomic mass is 9.67. The number of ketones is 1. The van der Waals surface area contributed by atoms with Crippen LogP contribution in [0.15, 0.2) is 72.8 Å². The second-order valence-electron chi connectivity index (χ2n) is 8.03. The summed E-state index contributed by atoms with van der Waals surface area (Å²) in [5, 5.41) is 0. The van der Waals surface area contributed by atoms with Crippen molar-refractivity contribution in [3.8, 4) is 0 Å². The zero-order chi connectivity index (χ0) is 17.2. The first-order valence-corrected chi connectivity index (χ1v) is 9.06. The van der Waals surface area contributed by atoms with E-state index in [9.17, 15) is 4.79 Å². The summed E-state index contributed by atoms with van der Waals surface area (Å²) >= 11 is 0. The first-order valence-electron chi connectivity index (χ1n) is 9.06. The largest absolute Gasteiger partial charge is 0.365 e. The van der Waals surface area contributed by atoms with Crippen molar-refractivity contribution in [3.63, 3.8) is 0 Å². The molecule has 3 aliphatic rings. The van der Waals surface area contributed by atoms with Gasteiger partial charge >= 0.3 is 0 Å². The van der Waals surface area contributed by atoms with Gasteiger partial charge in [0.05, 0.1) is 23.0 Å². The van der Waals surface area contributed by atoms with Gasteiger partial charge in [-0.2, -0.15) is 0 Å². The van der Waals surface area contributed by atoms with Gasteiger partial charge in [-0.05, 0) is 25.0 Å². The molecule has 2 heterocycles. The molecule has 25 heavy (non-hydrogen) atoms. The molecule has 126 valence electrons. The molecule has 1 saturated carbocycles. The number of hydrogen-bond acceptors (Lipinski definition) is 2. The number of carbonyl (C=O) groups is 1. The Kier molecular flexibility index (Phi) is 2.97. The lowest BCUT2D eigenvalue weighted by molar-refractivity contribution is -0.159. The van der Waals surface area contributed by atoms with Crippen molar-refractivity contribution in [2.24, 2.45) is 10.8 Å². The Bertz CT molecular complexity index is 787. The van der Waals surface area contributed by atoms with E-state index in [-0.39, 0.29) is 24.0 Å². The minimum absolute atomic E-state index is 0.119. The maximum atomic E-state index is 13.7. The third-order valence-electron chi connectivity index (χ3n) is 6.86. The zero-order valence-electron chi connectivity index (χ0n) is 14.6. The fraction of sp³-hybridized carbons (Fsp3) is 0.348. The molecule has 0 radical (unpaired) electrons. The van der Waals surface area contributed by atoms with Gasteiger partial charge in [-0.3, -0.25) is 4.79 Å². The molecule has 2 aromatic rings. The van der Waals surface area contributed by atoms with E-state index >= 15 is 0 Å². The summed E-state index contributed by atoms with van der Waals surface area (Å²) in [5.41, 5.74) is 1.42. The second-order valence-corrected chi connectivity index (χ2v) is 8.03. The number of rotatable bonds is 2. The summed E-state index contributed by atoms with van der Waals surface area (Å²) in [4.78, 5) is 13.7. The molecule has 2 heteroatoms. The molecule has 2 nitrogen and oxygen atoms in total. The topological polar surface area (TPSA) is 26.3 Å². The van der Waals surface area contributed by atoms with Gasteiger partial charge in [-0.1, -0.05) is 72.8 Å². The van der Waals surface area contributed by atoms with Gasteiger partial charge in [0.25, 0.3) is 0 Å². The van der Waals surface area contributed by atoms with Crippen LogP contribution >= 0.6 is 0 Å². The number of benzene rings is 2. The molecule has 1 saturated heterocycles. The standard InChI is InChI=1S/C23H22O2/c1-22-17-13-14-18(25-17)23(2,21(22)24)20(16-11-7-4-8-12-16)19(22)15-9-5-3-6-10-15/h3-14,17-20H,1-2H3/t17-,18+,19-,20-,22+,23-/m1/s1. The van der Waals surface area contributed by atoms with Crippen LogP contribution in [0.3, 0.4) is 0 Å². The van der Waals surface area contributed by atoms with Gasteiger partial charge in [-0.15, -0.1) is 0 Å². The van der Waals surface area contributed by atoms with Crippen molar-refractivity contribution in [2.75, 3.05) is 0 Å². The molecule has 2 aliphatic heterocycles. The molecule has 0 amide bonds. The fourth-order valence-corrected chi connectivity index (χ4v) is 5.70. The minimum atomic E-state index is -0.528. The lowest BCUT2D eigenvalue weighted by Gasteiger charge is -2.41. The van der Waals surface area contributed by atoms with Crippen molar-refractivity contribution in [1.82, 2.24) is 0 Å². The van der Waals surface area contributed by atoms with E-state index in [0.717, 1.165) is 0 Å². The van der Waals surface area contributed by atoms with Gasteiger partial charge in [0, 0.05) is 11.8 Å².